The van der Waals surface area contributed by atoms with Gasteiger partial charge in [0.25, 0.3) is 5.91 Å². The van der Waals surface area contributed by atoms with Gasteiger partial charge in [0.1, 0.15) is 0 Å². The number of benzene rings is 2. The van der Waals surface area contributed by atoms with Crippen molar-refractivity contribution in [3.05, 3.63) is 58.1 Å². The summed E-state index contributed by atoms with van der Waals surface area (Å²) in [6, 6.07) is 14.0. The first kappa shape index (κ1) is 19.7. The number of halogens is 1. The van der Waals surface area contributed by atoms with Gasteiger partial charge in [-0.1, -0.05) is 22.0 Å². The molecule has 1 atom stereocenters. The van der Waals surface area contributed by atoms with Crippen LogP contribution in [0.3, 0.4) is 0 Å². The molecule has 2 aromatic rings. The Kier molecular flexibility index (Phi) is 6.78. The average Bonchev–Trinajstić information content (AvgIpc) is 2.72. The fourth-order valence-electron chi connectivity index (χ4n) is 3.70. The van der Waals surface area contributed by atoms with Crippen LogP contribution in [0.1, 0.15) is 41.6 Å². The van der Waals surface area contributed by atoms with Crippen LogP contribution < -0.4 is 9.47 Å². The normalized spacial score (nSPS) is 16.9. The summed E-state index contributed by atoms with van der Waals surface area (Å²) in [4.78, 5) is 15.1. The van der Waals surface area contributed by atoms with Crippen molar-refractivity contribution in [3.63, 3.8) is 0 Å². The molecule has 3 rings (SSSR count). The highest BCUT2D eigenvalue weighted by Gasteiger charge is 2.27. The van der Waals surface area contributed by atoms with Gasteiger partial charge in [-0.05, 0) is 74.1 Å². The maximum Gasteiger partial charge on any atom is 0.254 e. The second-order valence-corrected chi connectivity index (χ2v) is 7.80. The molecular weight excluding hydrogens is 406 g/mol. The first-order valence-electron chi connectivity index (χ1n) is 9.40. The lowest BCUT2D eigenvalue weighted by Crippen LogP contribution is -2.44. The zero-order valence-electron chi connectivity index (χ0n) is 15.9. The molecule has 144 valence electrons. The maximum atomic E-state index is 13.0. The van der Waals surface area contributed by atoms with Crippen LogP contribution in [0.25, 0.3) is 0 Å². The number of carbonyl (C=O) groups excluding carboxylic acids is 1. The van der Waals surface area contributed by atoms with Crippen LogP contribution in [0.5, 0.6) is 11.5 Å². The second kappa shape index (κ2) is 9.27. The molecule has 1 unspecified atom stereocenters. The second-order valence-electron chi connectivity index (χ2n) is 6.88. The fourth-order valence-corrected chi connectivity index (χ4v) is 3.96. The number of hydrogen-bond donors (Lipinski definition) is 0. The molecule has 1 fully saturated rings. The number of nitrogens with zero attached hydrogens (tertiary/aromatic N) is 1. The Morgan fingerprint density at radius 3 is 2.52 bits per heavy atom. The fraction of sp³-hybridized carbons (Fsp3) is 0.409. The number of methoxy groups -OCH3 is 2. The number of rotatable bonds is 6. The monoisotopic (exact) mass is 431 g/mol. The first-order chi connectivity index (χ1) is 13.1. The largest absolute Gasteiger partial charge is 0.493 e. The molecular formula is C22H26BrNO3. The third kappa shape index (κ3) is 4.83. The van der Waals surface area contributed by atoms with Gasteiger partial charge in [0.15, 0.2) is 11.5 Å². The van der Waals surface area contributed by atoms with Crippen molar-refractivity contribution < 1.29 is 14.3 Å². The summed E-state index contributed by atoms with van der Waals surface area (Å²) in [5.41, 5.74) is 1.96. The number of carbonyl (C=O) groups is 1. The van der Waals surface area contributed by atoms with E-state index in [1.54, 1.807) is 14.2 Å². The highest BCUT2D eigenvalue weighted by molar-refractivity contribution is 9.10. The Balaban J connectivity index is 1.69. The van der Waals surface area contributed by atoms with Crippen LogP contribution in [0.2, 0.25) is 0 Å². The number of likely N-dealkylation sites (tertiary alicyclic amines) is 1. The minimum absolute atomic E-state index is 0.138. The molecule has 2 aromatic carbocycles. The molecule has 0 aromatic heterocycles. The number of amides is 1. The molecule has 5 heteroatoms. The highest BCUT2D eigenvalue weighted by Crippen LogP contribution is 2.29. The van der Waals surface area contributed by atoms with E-state index in [0.717, 1.165) is 53.8 Å². The third-order valence-electron chi connectivity index (χ3n) is 5.19. The van der Waals surface area contributed by atoms with Crippen LogP contribution >= 0.6 is 15.9 Å². The lowest BCUT2D eigenvalue weighted by molar-refractivity contribution is 0.0602. The van der Waals surface area contributed by atoms with Gasteiger partial charge in [-0.2, -0.15) is 0 Å². The first-order valence-corrected chi connectivity index (χ1v) is 10.2. The Morgan fingerprint density at radius 1 is 1.07 bits per heavy atom. The van der Waals surface area contributed by atoms with Crippen molar-refractivity contribution in [2.75, 3.05) is 20.8 Å². The van der Waals surface area contributed by atoms with Gasteiger partial charge < -0.3 is 14.4 Å². The number of hydrogen-bond acceptors (Lipinski definition) is 3. The zero-order valence-corrected chi connectivity index (χ0v) is 17.5. The van der Waals surface area contributed by atoms with E-state index < -0.39 is 0 Å². The van der Waals surface area contributed by atoms with Gasteiger partial charge in [-0.15, -0.1) is 0 Å². The van der Waals surface area contributed by atoms with Gasteiger partial charge >= 0.3 is 0 Å². The quantitative estimate of drug-likeness (QED) is 0.638. The third-order valence-corrected chi connectivity index (χ3v) is 5.72. The van der Waals surface area contributed by atoms with Crippen LogP contribution in [-0.4, -0.2) is 37.6 Å². The minimum Gasteiger partial charge on any atom is -0.493 e. The highest BCUT2D eigenvalue weighted by atomic mass is 79.9. The van der Waals surface area contributed by atoms with Gasteiger partial charge in [0.05, 0.1) is 14.2 Å². The standard InChI is InChI=1S/C22H26BrNO3/c1-26-20-13-7-16(15-21(20)27-2)6-12-19-5-3-4-14-24(19)22(25)17-8-10-18(23)11-9-17/h7-11,13,15,19H,3-6,12,14H2,1-2H3. The molecule has 1 aliphatic rings. The molecule has 4 nitrogen and oxygen atoms in total. The lowest BCUT2D eigenvalue weighted by Gasteiger charge is -2.36. The van der Waals surface area contributed by atoms with Gasteiger partial charge in [-0.25, -0.2) is 0 Å². The minimum atomic E-state index is 0.138. The summed E-state index contributed by atoms with van der Waals surface area (Å²) >= 11 is 3.43. The summed E-state index contributed by atoms with van der Waals surface area (Å²) < 4.78 is 11.7. The molecule has 0 bridgehead atoms. The molecule has 1 amide bonds. The summed E-state index contributed by atoms with van der Waals surface area (Å²) in [6.07, 6.45) is 5.19. The van der Waals surface area contributed by atoms with E-state index in [1.807, 2.05) is 36.4 Å². The topological polar surface area (TPSA) is 38.8 Å². The van der Waals surface area contributed by atoms with Crippen molar-refractivity contribution in [1.82, 2.24) is 4.90 Å². The van der Waals surface area contributed by atoms with Crippen LogP contribution in [0, 0.1) is 0 Å². The Labute approximate surface area is 169 Å². The van der Waals surface area contributed by atoms with Gasteiger partial charge in [0.2, 0.25) is 0 Å². The van der Waals surface area contributed by atoms with Crippen molar-refractivity contribution in [3.8, 4) is 11.5 Å². The number of piperidine rings is 1. The van der Waals surface area contributed by atoms with Crippen molar-refractivity contribution in [1.29, 1.82) is 0 Å². The molecule has 0 aliphatic carbocycles. The van der Waals surface area contributed by atoms with E-state index in [-0.39, 0.29) is 11.9 Å². The SMILES string of the molecule is COc1ccc(CCC2CCCCN2C(=O)c2ccc(Br)cc2)cc1OC. The summed E-state index contributed by atoms with van der Waals surface area (Å²) in [5.74, 6) is 1.63. The molecule has 1 heterocycles. The predicted octanol–water partition coefficient (Wildman–Crippen LogP) is 5.09. The molecule has 0 saturated carbocycles. The molecule has 0 spiro atoms. The van der Waals surface area contributed by atoms with E-state index in [0.29, 0.717) is 0 Å². The van der Waals surface area contributed by atoms with Crippen LogP contribution in [-0.2, 0) is 6.42 Å². The molecule has 0 radical (unpaired) electrons. The van der Waals surface area contributed by atoms with E-state index in [2.05, 4.69) is 26.9 Å². The Morgan fingerprint density at radius 2 is 1.81 bits per heavy atom. The van der Waals surface area contributed by atoms with Crippen LogP contribution in [0.4, 0.5) is 0 Å². The lowest BCUT2D eigenvalue weighted by atomic mass is 9.95. The molecule has 1 saturated heterocycles. The van der Waals surface area contributed by atoms with Crippen molar-refractivity contribution in [2.24, 2.45) is 0 Å². The van der Waals surface area contributed by atoms with Crippen LogP contribution in [0.15, 0.2) is 46.9 Å². The molecule has 1 aliphatic heterocycles. The smallest absolute Gasteiger partial charge is 0.254 e. The predicted molar refractivity (Wildman–Crippen MR) is 111 cm³/mol. The van der Waals surface area contributed by atoms with E-state index in [9.17, 15) is 4.79 Å². The zero-order chi connectivity index (χ0) is 19.2. The van der Waals surface area contributed by atoms with Gasteiger partial charge in [-0.3, -0.25) is 4.79 Å². The summed E-state index contributed by atoms with van der Waals surface area (Å²) in [7, 11) is 3.30. The maximum absolute atomic E-state index is 13.0. The van der Waals surface area contributed by atoms with E-state index >= 15 is 0 Å². The number of ether oxygens (including phenoxy) is 2. The van der Waals surface area contributed by atoms with E-state index in [4.69, 9.17) is 9.47 Å². The summed E-state index contributed by atoms with van der Waals surface area (Å²) in [5, 5.41) is 0. The van der Waals surface area contributed by atoms with Crippen molar-refractivity contribution in [2.45, 2.75) is 38.1 Å². The average molecular weight is 432 g/mol. The number of aryl methyl sites for hydroxylation is 1. The Bertz CT molecular complexity index is 776. The van der Waals surface area contributed by atoms with Crippen molar-refractivity contribution >= 4 is 21.8 Å². The summed E-state index contributed by atoms with van der Waals surface area (Å²) in [6.45, 7) is 0.839. The Hall–Kier alpha value is -2.01. The molecule has 27 heavy (non-hydrogen) atoms. The molecule has 0 N–H and O–H groups in total. The van der Waals surface area contributed by atoms with Gasteiger partial charge in [0, 0.05) is 22.6 Å². The van der Waals surface area contributed by atoms with E-state index in [1.165, 1.54) is 12.0 Å².